The largest absolute Gasteiger partial charge is 0.464 e. The van der Waals surface area contributed by atoms with Crippen LogP contribution in [-0.2, 0) is 9.53 Å². The maximum absolute atomic E-state index is 12.5. The number of benzene rings is 1. The summed E-state index contributed by atoms with van der Waals surface area (Å²) in [6.07, 6.45) is 1.57. The number of anilines is 1. The summed E-state index contributed by atoms with van der Waals surface area (Å²) in [6.45, 7) is 9.38. The van der Waals surface area contributed by atoms with Gasteiger partial charge >= 0.3 is 5.97 Å². The average Bonchev–Trinajstić information content (AvgIpc) is 2.50. The third-order valence-electron chi connectivity index (χ3n) is 4.26. The average molecular weight is 290 g/mol. The van der Waals surface area contributed by atoms with Gasteiger partial charge in [0, 0.05) is 18.8 Å². The van der Waals surface area contributed by atoms with E-state index in [1.165, 1.54) is 5.56 Å². The van der Waals surface area contributed by atoms with Gasteiger partial charge in [0.05, 0.1) is 6.61 Å². The molecule has 1 aliphatic rings. The van der Waals surface area contributed by atoms with Crippen molar-refractivity contribution in [2.45, 2.75) is 39.2 Å². The highest BCUT2D eigenvalue weighted by Gasteiger charge is 2.42. The fraction of sp³-hybridized carbons (Fsp3) is 0.588. The number of carbonyl (C=O) groups is 1. The summed E-state index contributed by atoms with van der Waals surface area (Å²) in [5.41, 5.74) is 1.61. The number of esters is 1. The Labute approximate surface area is 127 Å². The monoisotopic (exact) mass is 290 g/mol. The molecule has 1 aromatic carbocycles. The van der Waals surface area contributed by atoms with Gasteiger partial charge in [-0.1, -0.05) is 24.6 Å². The third kappa shape index (κ3) is 3.76. The van der Waals surface area contributed by atoms with Crippen LogP contribution in [-0.4, -0.2) is 42.6 Å². The molecular weight excluding hydrogens is 264 g/mol. The van der Waals surface area contributed by atoms with Crippen LogP contribution in [0.2, 0.25) is 0 Å². The maximum Gasteiger partial charge on any atom is 0.331 e. The van der Waals surface area contributed by atoms with Gasteiger partial charge in [-0.25, -0.2) is 4.79 Å². The van der Waals surface area contributed by atoms with Crippen molar-refractivity contribution in [3.63, 3.8) is 0 Å². The van der Waals surface area contributed by atoms with Crippen LogP contribution in [0.3, 0.4) is 0 Å². The molecule has 1 aliphatic heterocycles. The number of aryl methyl sites for hydroxylation is 1. The van der Waals surface area contributed by atoms with Gasteiger partial charge in [0.1, 0.15) is 5.54 Å². The van der Waals surface area contributed by atoms with Crippen molar-refractivity contribution in [1.29, 1.82) is 0 Å². The van der Waals surface area contributed by atoms with E-state index in [-0.39, 0.29) is 5.97 Å². The normalized spacial score (nSPS) is 18.2. The highest BCUT2D eigenvalue weighted by molar-refractivity contribution is 5.84. The Bertz CT molecular complexity index is 462. The molecule has 0 spiro atoms. The zero-order valence-corrected chi connectivity index (χ0v) is 13.3. The second-order valence-corrected chi connectivity index (χ2v) is 5.73. The Morgan fingerprint density at radius 1 is 1.24 bits per heavy atom. The van der Waals surface area contributed by atoms with Gasteiger partial charge in [-0.05, 0) is 45.4 Å². The van der Waals surface area contributed by atoms with E-state index in [0.717, 1.165) is 38.2 Å². The van der Waals surface area contributed by atoms with Crippen molar-refractivity contribution >= 4 is 11.7 Å². The van der Waals surface area contributed by atoms with Crippen molar-refractivity contribution < 1.29 is 9.53 Å². The second kappa shape index (κ2) is 6.94. The van der Waals surface area contributed by atoms with E-state index in [9.17, 15) is 4.79 Å². The summed E-state index contributed by atoms with van der Waals surface area (Å²) >= 11 is 0. The third-order valence-corrected chi connectivity index (χ3v) is 4.26. The molecule has 21 heavy (non-hydrogen) atoms. The Hall–Kier alpha value is -1.55. The van der Waals surface area contributed by atoms with Crippen molar-refractivity contribution in [3.8, 4) is 0 Å². The highest BCUT2D eigenvalue weighted by Crippen LogP contribution is 2.28. The molecule has 2 rings (SSSR count). The number of likely N-dealkylation sites (tertiary alicyclic amines) is 1. The first kappa shape index (κ1) is 15.8. The number of nitrogens with one attached hydrogen (secondary N) is 1. The van der Waals surface area contributed by atoms with E-state index >= 15 is 0 Å². The number of ether oxygens (including phenoxy) is 1. The van der Waals surface area contributed by atoms with Crippen LogP contribution in [0.5, 0.6) is 0 Å². The standard InChI is InChI=1S/C17H26N2O2/c1-4-19-12-10-17(11-13-19,16(20)21-5-2)18-15-8-6-14(3)7-9-15/h6-9,18H,4-5,10-13H2,1-3H3. The number of carbonyl (C=O) groups excluding carboxylic acids is 1. The zero-order chi connectivity index (χ0) is 15.3. The molecule has 4 nitrogen and oxygen atoms in total. The molecule has 0 aromatic heterocycles. The van der Waals surface area contributed by atoms with Crippen molar-refractivity contribution in [2.75, 3.05) is 31.6 Å². The van der Waals surface area contributed by atoms with Crippen LogP contribution in [0.4, 0.5) is 5.69 Å². The summed E-state index contributed by atoms with van der Waals surface area (Å²) in [4.78, 5) is 14.9. The molecule has 0 unspecified atom stereocenters. The van der Waals surface area contributed by atoms with Crippen LogP contribution < -0.4 is 5.32 Å². The lowest BCUT2D eigenvalue weighted by molar-refractivity contribution is -0.150. The Kier molecular flexibility index (Phi) is 5.23. The zero-order valence-electron chi connectivity index (χ0n) is 13.3. The number of hydrogen-bond donors (Lipinski definition) is 1. The molecule has 0 bridgehead atoms. The smallest absolute Gasteiger partial charge is 0.331 e. The molecular formula is C17H26N2O2. The molecule has 1 heterocycles. The maximum atomic E-state index is 12.5. The van der Waals surface area contributed by atoms with E-state index in [1.54, 1.807) is 0 Å². The van der Waals surface area contributed by atoms with E-state index in [2.05, 4.69) is 36.2 Å². The van der Waals surface area contributed by atoms with E-state index in [0.29, 0.717) is 6.61 Å². The van der Waals surface area contributed by atoms with Crippen LogP contribution >= 0.6 is 0 Å². The lowest BCUT2D eigenvalue weighted by atomic mass is 9.87. The van der Waals surface area contributed by atoms with Gasteiger partial charge in [0.25, 0.3) is 0 Å². The summed E-state index contributed by atoms with van der Waals surface area (Å²) in [5, 5.41) is 3.45. The molecule has 0 radical (unpaired) electrons. The van der Waals surface area contributed by atoms with Crippen molar-refractivity contribution in [2.24, 2.45) is 0 Å². The first-order chi connectivity index (χ1) is 10.1. The van der Waals surface area contributed by atoms with E-state index in [4.69, 9.17) is 4.74 Å². The fourth-order valence-corrected chi connectivity index (χ4v) is 2.81. The molecule has 0 atom stereocenters. The minimum atomic E-state index is -0.586. The number of nitrogens with zero attached hydrogens (tertiary/aromatic N) is 1. The summed E-state index contributed by atoms with van der Waals surface area (Å²) < 4.78 is 5.33. The summed E-state index contributed by atoms with van der Waals surface area (Å²) in [6, 6.07) is 8.18. The molecule has 116 valence electrons. The van der Waals surface area contributed by atoms with Crippen molar-refractivity contribution in [3.05, 3.63) is 29.8 Å². The van der Waals surface area contributed by atoms with Crippen LogP contribution in [0, 0.1) is 6.92 Å². The highest BCUT2D eigenvalue weighted by atomic mass is 16.5. The minimum absolute atomic E-state index is 0.124. The molecule has 0 amide bonds. The minimum Gasteiger partial charge on any atom is -0.464 e. The fourth-order valence-electron chi connectivity index (χ4n) is 2.81. The topological polar surface area (TPSA) is 41.6 Å². The van der Waals surface area contributed by atoms with Crippen molar-refractivity contribution in [1.82, 2.24) is 4.90 Å². The summed E-state index contributed by atoms with van der Waals surface area (Å²) in [5.74, 6) is -0.124. The number of rotatable bonds is 5. The van der Waals surface area contributed by atoms with Gasteiger partial charge in [-0.15, -0.1) is 0 Å². The predicted octanol–water partition coefficient (Wildman–Crippen LogP) is 2.82. The lowest BCUT2D eigenvalue weighted by Crippen LogP contribution is -2.55. The van der Waals surface area contributed by atoms with E-state index < -0.39 is 5.54 Å². The van der Waals surface area contributed by atoms with E-state index in [1.807, 2.05) is 19.1 Å². The molecule has 4 heteroatoms. The van der Waals surface area contributed by atoms with Crippen LogP contribution in [0.15, 0.2) is 24.3 Å². The van der Waals surface area contributed by atoms with Gasteiger partial charge in [0.15, 0.2) is 0 Å². The lowest BCUT2D eigenvalue weighted by Gasteiger charge is -2.40. The van der Waals surface area contributed by atoms with Gasteiger partial charge in [-0.2, -0.15) is 0 Å². The SMILES string of the molecule is CCOC(=O)C1(Nc2ccc(C)cc2)CCN(CC)CC1. The first-order valence-electron chi connectivity index (χ1n) is 7.84. The quantitative estimate of drug-likeness (QED) is 0.847. The molecule has 1 N–H and O–H groups in total. The number of hydrogen-bond acceptors (Lipinski definition) is 4. The van der Waals surface area contributed by atoms with Gasteiger partial charge in [-0.3, -0.25) is 0 Å². The second-order valence-electron chi connectivity index (χ2n) is 5.73. The Morgan fingerprint density at radius 2 is 1.86 bits per heavy atom. The number of piperidine rings is 1. The van der Waals surface area contributed by atoms with Gasteiger partial charge in [0.2, 0.25) is 0 Å². The first-order valence-corrected chi connectivity index (χ1v) is 7.84. The van der Waals surface area contributed by atoms with Crippen LogP contribution in [0.1, 0.15) is 32.3 Å². The van der Waals surface area contributed by atoms with Crippen LogP contribution in [0.25, 0.3) is 0 Å². The Balaban J connectivity index is 2.16. The molecule has 0 saturated carbocycles. The summed E-state index contributed by atoms with van der Waals surface area (Å²) in [7, 11) is 0. The Morgan fingerprint density at radius 3 is 2.38 bits per heavy atom. The molecule has 1 aromatic rings. The molecule has 1 saturated heterocycles. The molecule has 1 fully saturated rings. The van der Waals surface area contributed by atoms with Gasteiger partial charge < -0.3 is 15.0 Å². The predicted molar refractivity (Wildman–Crippen MR) is 85.5 cm³/mol. The molecule has 0 aliphatic carbocycles.